The average molecular weight is 717 g/mol. The topological polar surface area (TPSA) is 56.7 Å². The van der Waals surface area contributed by atoms with E-state index in [2.05, 4.69) is 126 Å². The number of benzene rings is 8. The molecular formula is C51H32N4O. The summed E-state index contributed by atoms with van der Waals surface area (Å²) < 4.78 is 9.24. The zero-order valence-corrected chi connectivity index (χ0v) is 30.2. The van der Waals surface area contributed by atoms with Crippen LogP contribution in [0, 0.1) is 0 Å². The molecule has 0 unspecified atom stereocenters. The molecule has 0 aliphatic heterocycles. The first-order valence-corrected chi connectivity index (χ1v) is 18.8. The quantitative estimate of drug-likeness (QED) is 0.172. The fraction of sp³-hybridized carbons (Fsp3) is 0. The third-order valence-corrected chi connectivity index (χ3v) is 10.7. The van der Waals surface area contributed by atoms with Crippen molar-refractivity contribution in [2.75, 3.05) is 0 Å². The van der Waals surface area contributed by atoms with Gasteiger partial charge in [0.2, 0.25) is 0 Å². The Morgan fingerprint density at radius 1 is 0.357 bits per heavy atom. The van der Waals surface area contributed by atoms with Gasteiger partial charge in [-0.1, -0.05) is 158 Å². The molecule has 0 bridgehead atoms. The van der Waals surface area contributed by atoms with Gasteiger partial charge in [0.15, 0.2) is 23.1 Å². The van der Waals surface area contributed by atoms with Gasteiger partial charge in [0.1, 0.15) is 5.58 Å². The lowest BCUT2D eigenvalue weighted by Crippen LogP contribution is -2.00. The van der Waals surface area contributed by atoms with Crippen LogP contribution < -0.4 is 0 Å². The van der Waals surface area contributed by atoms with Crippen LogP contribution in [0.1, 0.15) is 0 Å². The minimum atomic E-state index is 0.593. The van der Waals surface area contributed by atoms with Gasteiger partial charge in [-0.05, 0) is 58.7 Å². The highest BCUT2D eigenvalue weighted by Crippen LogP contribution is 2.42. The molecule has 0 fully saturated rings. The van der Waals surface area contributed by atoms with Crippen LogP contribution in [0.15, 0.2) is 199 Å². The highest BCUT2D eigenvalue weighted by molar-refractivity contribution is 6.16. The van der Waals surface area contributed by atoms with E-state index in [1.807, 2.05) is 72.8 Å². The van der Waals surface area contributed by atoms with Crippen molar-refractivity contribution in [2.45, 2.75) is 0 Å². The fourth-order valence-corrected chi connectivity index (χ4v) is 8.03. The predicted octanol–water partition coefficient (Wildman–Crippen LogP) is 13.2. The molecule has 11 aromatic rings. The molecule has 0 aliphatic carbocycles. The Hall–Kier alpha value is -7.63. The van der Waals surface area contributed by atoms with Crippen molar-refractivity contribution in [1.82, 2.24) is 19.5 Å². The molecule has 11 rings (SSSR count). The second-order valence-corrected chi connectivity index (χ2v) is 14.0. The van der Waals surface area contributed by atoms with E-state index in [4.69, 9.17) is 19.4 Å². The Bertz CT molecular complexity index is 3070. The molecule has 0 atom stereocenters. The van der Waals surface area contributed by atoms with Gasteiger partial charge >= 0.3 is 0 Å². The normalized spacial score (nSPS) is 11.6. The second kappa shape index (κ2) is 13.0. The Labute approximate surface area is 322 Å². The number of fused-ring (bicyclic) bond motifs is 6. The van der Waals surface area contributed by atoms with Gasteiger partial charge in [0, 0.05) is 38.2 Å². The van der Waals surface area contributed by atoms with Crippen LogP contribution in [0.2, 0.25) is 0 Å². The summed E-state index contributed by atoms with van der Waals surface area (Å²) in [7, 11) is 0. The SMILES string of the molecule is c1ccc(-c2ccc3c(c2)c2cc(-c4ccccc4)ccc2n3-c2cccc3c2oc2cccc(-c4nc(-c5ccccc5)nc(-c5ccccc5)n4)c23)cc1. The van der Waals surface area contributed by atoms with E-state index >= 15 is 0 Å². The first kappa shape index (κ1) is 31.9. The molecule has 0 saturated carbocycles. The molecule has 0 aliphatic rings. The Balaban J connectivity index is 1.15. The van der Waals surface area contributed by atoms with E-state index in [0.717, 1.165) is 55.3 Å². The van der Waals surface area contributed by atoms with Crippen LogP contribution in [0.5, 0.6) is 0 Å². The van der Waals surface area contributed by atoms with Gasteiger partial charge in [0.05, 0.1) is 16.7 Å². The van der Waals surface area contributed by atoms with Crippen molar-refractivity contribution in [3.63, 3.8) is 0 Å². The van der Waals surface area contributed by atoms with Crippen LogP contribution >= 0.6 is 0 Å². The predicted molar refractivity (Wildman–Crippen MR) is 229 cm³/mol. The molecule has 5 nitrogen and oxygen atoms in total. The van der Waals surface area contributed by atoms with Crippen molar-refractivity contribution >= 4 is 43.7 Å². The summed E-state index contributed by atoms with van der Waals surface area (Å²) in [6.07, 6.45) is 0. The largest absolute Gasteiger partial charge is 0.454 e. The summed E-state index contributed by atoms with van der Waals surface area (Å²) in [4.78, 5) is 15.1. The number of hydrogen-bond donors (Lipinski definition) is 0. The molecule has 8 aromatic carbocycles. The Morgan fingerprint density at radius 2 is 0.839 bits per heavy atom. The highest BCUT2D eigenvalue weighted by Gasteiger charge is 2.22. The summed E-state index contributed by atoms with van der Waals surface area (Å²) in [6.45, 7) is 0. The van der Waals surface area contributed by atoms with E-state index in [9.17, 15) is 0 Å². The maximum Gasteiger partial charge on any atom is 0.164 e. The first-order valence-electron chi connectivity index (χ1n) is 18.8. The second-order valence-electron chi connectivity index (χ2n) is 14.0. The lowest BCUT2D eigenvalue weighted by molar-refractivity contribution is 0.666. The van der Waals surface area contributed by atoms with Gasteiger partial charge in [-0.15, -0.1) is 0 Å². The van der Waals surface area contributed by atoms with Gasteiger partial charge in [-0.3, -0.25) is 0 Å². The molecule has 3 aromatic heterocycles. The lowest BCUT2D eigenvalue weighted by Gasteiger charge is -2.10. The lowest BCUT2D eigenvalue weighted by atomic mass is 10.0. The van der Waals surface area contributed by atoms with Gasteiger partial charge in [0.25, 0.3) is 0 Å². The summed E-state index contributed by atoms with van der Waals surface area (Å²) in [5.41, 5.74) is 12.2. The third kappa shape index (κ3) is 5.29. The molecule has 0 radical (unpaired) electrons. The zero-order chi connectivity index (χ0) is 37.0. The van der Waals surface area contributed by atoms with Crippen molar-refractivity contribution in [1.29, 1.82) is 0 Å². The van der Waals surface area contributed by atoms with E-state index in [0.29, 0.717) is 17.5 Å². The van der Waals surface area contributed by atoms with Crippen LogP contribution in [-0.4, -0.2) is 19.5 Å². The van der Waals surface area contributed by atoms with E-state index in [1.165, 1.54) is 33.0 Å². The number of aromatic nitrogens is 4. The number of para-hydroxylation sites is 1. The third-order valence-electron chi connectivity index (χ3n) is 10.7. The Kier molecular flexibility index (Phi) is 7.42. The van der Waals surface area contributed by atoms with Crippen molar-refractivity contribution in [3.05, 3.63) is 194 Å². The Morgan fingerprint density at radius 3 is 1.38 bits per heavy atom. The standard InChI is InChI=1S/C51H32N4O/c1-5-15-33(16-6-1)37-27-29-43-41(31-37)42-32-38(34-17-7-2-8-18-34)28-30-44(42)55(43)45-25-13-23-39-47-40(24-14-26-46(47)56-48(39)45)51-53-49(35-19-9-3-10-20-35)52-50(54-51)36-21-11-4-12-22-36/h1-32H. The van der Waals surface area contributed by atoms with Crippen molar-refractivity contribution in [2.24, 2.45) is 0 Å². The van der Waals surface area contributed by atoms with Gasteiger partial charge in [-0.25, -0.2) is 15.0 Å². The van der Waals surface area contributed by atoms with Crippen LogP contribution in [0.25, 0.3) is 106 Å². The number of nitrogens with zero attached hydrogens (tertiary/aromatic N) is 4. The smallest absolute Gasteiger partial charge is 0.164 e. The van der Waals surface area contributed by atoms with E-state index in [1.54, 1.807) is 0 Å². The number of hydrogen-bond acceptors (Lipinski definition) is 4. The minimum absolute atomic E-state index is 0.593. The molecule has 3 heterocycles. The maximum absolute atomic E-state index is 6.89. The van der Waals surface area contributed by atoms with Crippen LogP contribution in [0.3, 0.4) is 0 Å². The van der Waals surface area contributed by atoms with Gasteiger partial charge < -0.3 is 8.98 Å². The summed E-state index contributed by atoms with van der Waals surface area (Å²) >= 11 is 0. The molecule has 0 saturated heterocycles. The molecule has 56 heavy (non-hydrogen) atoms. The van der Waals surface area contributed by atoms with E-state index < -0.39 is 0 Å². The first-order chi connectivity index (χ1) is 27.8. The molecule has 5 heteroatoms. The minimum Gasteiger partial charge on any atom is -0.454 e. The highest BCUT2D eigenvalue weighted by atomic mass is 16.3. The molecule has 0 N–H and O–H groups in total. The molecule has 0 spiro atoms. The summed E-state index contributed by atoms with van der Waals surface area (Å²) in [5.74, 6) is 1.83. The monoisotopic (exact) mass is 716 g/mol. The average Bonchev–Trinajstić information content (AvgIpc) is 3.83. The van der Waals surface area contributed by atoms with E-state index in [-0.39, 0.29) is 0 Å². The summed E-state index contributed by atoms with van der Waals surface area (Å²) in [5, 5.41) is 4.32. The zero-order valence-electron chi connectivity index (χ0n) is 30.2. The molecule has 262 valence electrons. The molecule has 0 amide bonds. The van der Waals surface area contributed by atoms with Gasteiger partial charge in [-0.2, -0.15) is 0 Å². The maximum atomic E-state index is 6.89. The summed E-state index contributed by atoms with van der Waals surface area (Å²) in [6, 6.07) is 67.4. The number of furan rings is 1. The van der Waals surface area contributed by atoms with Crippen molar-refractivity contribution in [3.8, 4) is 62.1 Å². The van der Waals surface area contributed by atoms with Crippen LogP contribution in [-0.2, 0) is 0 Å². The van der Waals surface area contributed by atoms with Crippen LogP contribution in [0.4, 0.5) is 0 Å². The molecular weight excluding hydrogens is 685 g/mol. The van der Waals surface area contributed by atoms with Crippen molar-refractivity contribution < 1.29 is 4.42 Å². The number of rotatable bonds is 6. The fourth-order valence-electron chi connectivity index (χ4n) is 8.03.